The van der Waals surface area contributed by atoms with Crippen LogP contribution < -0.4 is 15.8 Å². The largest absolute Gasteiger partial charge is 0.474 e. The zero-order valence-corrected chi connectivity index (χ0v) is 12.5. The summed E-state index contributed by atoms with van der Waals surface area (Å²) in [6.45, 7) is 6.23. The molecule has 1 atom stereocenters. The van der Waals surface area contributed by atoms with Gasteiger partial charge in [-0.05, 0) is 24.5 Å². The number of nitro benzene ring substituents is 1. The van der Waals surface area contributed by atoms with Crippen LogP contribution in [0.4, 0.5) is 5.69 Å². The summed E-state index contributed by atoms with van der Waals surface area (Å²) in [5.41, 5.74) is 5.90. The molecule has 0 saturated carbocycles. The summed E-state index contributed by atoms with van der Waals surface area (Å²) < 4.78 is 5.41. The molecule has 0 bridgehead atoms. The van der Waals surface area contributed by atoms with E-state index in [0.29, 0.717) is 18.0 Å². The van der Waals surface area contributed by atoms with Crippen LogP contribution in [0.15, 0.2) is 18.2 Å². The van der Waals surface area contributed by atoms with Crippen molar-refractivity contribution >= 4 is 11.6 Å². The number of hydrogen-bond acceptors (Lipinski definition) is 5. The number of hydrogen-bond donors (Lipinski definition) is 2. The number of ether oxygens (including phenoxy) is 1. The van der Waals surface area contributed by atoms with Gasteiger partial charge in [0.1, 0.15) is 0 Å². The van der Waals surface area contributed by atoms with Crippen LogP contribution in [-0.4, -0.2) is 23.5 Å². The quantitative estimate of drug-likeness (QED) is 0.586. The number of rotatable bonds is 7. The lowest BCUT2D eigenvalue weighted by molar-refractivity contribution is -0.386. The fraction of sp³-hybridized carbons (Fsp3) is 0.500. The molecule has 0 fully saturated rings. The van der Waals surface area contributed by atoms with Gasteiger partial charge in [0.25, 0.3) is 5.91 Å². The van der Waals surface area contributed by atoms with Crippen molar-refractivity contribution in [1.82, 2.24) is 5.32 Å². The molecule has 3 N–H and O–H groups in total. The van der Waals surface area contributed by atoms with Crippen molar-refractivity contribution in [2.75, 3.05) is 6.54 Å². The third-order valence-electron chi connectivity index (χ3n) is 2.81. The summed E-state index contributed by atoms with van der Waals surface area (Å²) in [6.07, 6.45) is -0.814. The lowest BCUT2D eigenvalue weighted by atomic mass is 10.2. The molecule has 0 radical (unpaired) electrons. The van der Waals surface area contributed by atoms with E-state index in [9.17, 15) is 14.9 Å². The van der Waals surface area contributed by atoms with E-state index in [1.807, 2.05) is 13.8 Å². The smallest absolute Gasteiger partial charge is 0.311 e. The number of nitrogens with zero attached hydrogens (tertiary/aromatic N) is 1. The third-order valence-corrected chi connectivity index (χ3v) is 2.81. The summed E-state index contributed by atoms with van der Waals surface area (Å²) in [4.78, 5) is 22.3. The number of nitrogens with two attached hydrogens (primary N) is 1. The summed E-state index contributed by atoms with van der Waals surface area (Å²) >= 11 is 0. The number of carbonyl (C=O) groups excluding carboxylic acids is 1. The fourth-order valence-electron chi connectivity index (χ4n) is 1.62. The summed E-state index contributed by atoms with van der Waals surface area (Å²) in [6, 6.07) is 4.46. The highest BCUT2D eigenvalue weighted by molar-refractivity contribution is 5.80. The highest BCUT2D eigenvalue weighted by Gasteiger charge is 2.21. The van der Waals surface area contributed by atoms with Gasteiger partial charge < -0.3 is 15.8 Å². The van der Waals surface area contributed by atoms with Crippen LogP contribution in [0.5, 0.6) is 5.75 Å². The third kappa shape index (κ3) is 5.03. The van der Waals surface area contributed by atoms with Gasteiger partial charge in [-0.3, -0.25) is 14.9 Å². The first-order valence-corrected chi connectivity index (χ1v) is 6.77. The molecule has 0 heterocycles. The van der Waals surface area contributed by atoms with E-state index in [2.05, 4.69) is 5.32 Å². The van der Waals surface area contributed by atoms with Crippen molar-refractivity contribution in [3.8, 4) is 5.75 Å². The standard InChI is InChI=1S/C14H21N3O4/c1-9(2)8-16-14(18)10(3)21-13-5-4-11(7-15)6-12(13)17(19)20/h4-6,9-10H,7-8,15H2,1-3H3,(H,16,18). The molecular weight excluding hydrogens is 274 g/mol. The van der Waals surface area contributed by atoms with E-state index in [4.69, 9.17) is 10.5 Å². The van der Waals surface area contributed by atoms with Gasteiger partial charge in [0.05, 0.1) is 4.92 Å². The molecule has 0 aliphatic rings. The van der Waals surface area contributed by atoms with Crippen molar-refractivity contribution in [1.29, 1.82) is 0 Å². The normalized spacial score (nSPS) is 12.0. The molecule has 116 valence electrons. The van der Waals surface area contributed by atoms with E-state index < -0.39 is 11.0 Å². The van der Waals surface area contributed by atoms with Crippen LogP contribution in [-0.2, 0) is 11.3 Å². The number of carbonyl (C=O) groups is 1. The molecule has 0 aromatic heterocycles. The number of amides is 1. The molecule has 1 amide bonds. The van der Waals surface area contributed by atoms with E-state index >= 15 is 0 Å². The monoisotopic (exact) mass is 295 g/mol. The van der Waals surface area contributed by atoms with E-state index in [1.54, 1.807) is 13.0 Å². The minimum atomic E-state index is -0.814. The second-order valence-corrected chi connectivity index (χ2v) is 5.16. The molecule has 0 aliphatic carbocycles. The highest BCUT2D eigenvalue weighted by atomic mass is 16.6. The van der Waals surface area contributed by atoms with Crippen molar-refractivity contribution in [2.24, 2.45) is 11.7 Å². The average Bonchev–Trinajstić information content (AvgIpc) is 2.44. The minimum absolute atomic E-state index is 0.0596. The topological polar surface area (TPSA) is 107 Å². The molecule has 7 nitrogen and oxygen atoms in total. The molecule has 0 spiro atoms. The second kappa shape index (κ2) is 7.58. The number of benzene rings is 1. The molecule has 7 heteroatoms. The first kappa shape index (κ1) is 16.9. The Hall–Kier alpha value is -2.15. The molecule has 1 aromatic rings. The summed E-state index contributed by atoms with van der Waals surface area (Å²) in [5.74, 6) is 0.0737. The summed E-state index contributed by atoms with van der Waals surface area (Å²) in [5, 5.41) is 13.8. The molecule has 21 heavy (non-hydrogen) atoms. The van der Waals surface area contributed by atoms with Gasteiger partial charge in [0.2, 0.25) is 0 Å². The minimum Gasteiger partial charge on any atom is -0.474 e. The lowest BCUT2D eigenvalue weighted by Crippen LogP contribution is -2.38. The van der Waals surface area contributed by atoms with Crippen LogP contribution in [0.1, 0.15) is 26.3 Å². The van der Waals surface area contributed by atoms with Crippen molar-refractivity contribution < 1.29 is 14.5 Å². The molecular formula is C14H21N3O4. The van der Waals surface area contributed by atoms with Crippen molar-refractivity contribution in [2.45, 2.75) is 33.4 Å². The second-order valence-electron chi connectivity index (χ2n) is 5.16. The Kier molecular flexibility index (Phi) is 6.10. The Morgan fingerprint density at radius 2 is 2.10 bits per heavy atom. The van der Waals surface area contributed by atoms with Crippen molar-refractivity contribution in [3.63, 3.8) is 0 Å². The number of nitro groups is 1. The van der Waals surface area contributed by atoms with Gasteiger partial charge in [0.15, 0.2) is 11.9 Å². The molecule has 0 aliphatic heterocycles. The molecule has 1 aromatic carbocycles. The number of nitrogens with one attached hydrogen (secondary N) is 1. The Labute approximate surface area is 123 Å². The first-order valence-electron chi connectivity index (χ1n) is 6.77. The maximum absolute atomic E-state index is 11.8. The Bertz CT molecular complexity index is 517. The lowest BCUT2D eigenvalue weighted by Gasteiger charge is -2.16. The van der Waals surface area contributed by atoms with Crippen LogP contribution in [0.25, 0.3) is 0 Å². The van der Waals surface area contributed by atoms with Crippen LogP contribution >= 0.6 is 0 Å². The summed E-state index contributed by atoms with van der Waals surface area (Å²) in [7, 11) is 0. The highest BCUT2D eigenvalue weighted by Crippen LogP contribution is 2.28. The maximum Gasteiger partial charge on any atom is 0.311 e. The van der Waals surface area contributed by atoms with Gasteiger partial charge in [-0.2, -0.15) is 0 Å². The van der Waals surface area contributed by atoms with Gasteiger partial charge in [-0.25, -0.2) is 0 Å². The Balaban J connectivity index is 2.82. The zero-order valence-electron chi connectivity index (χ0n) is 12.5. The molecule has 1 unspecified atom stereocenters. The predicted molar refractivity (Wildman–Crippen MR) is 78.9 cm³/mol. The predicted octanol–water partition coefficient (Wildman–Crippen LogP) is 1.59. The Morgan fingerprint density at radius 3 is 2.62 bits per heavy atom. The van der Waals surface area contributed by atoms with Gasteiger partial charge in [-0.15, -0.1) is 0 Å². The van der Waals surface area contributed by atoms with E-state index in [0.717, 1.165) is 0 Å². The van der Waals surface area contributed by atoms with Gasteiger partial charge in [0, 0.05) is 19.2 Å². The maximum atomic E-state index is 11.8. The molecule has 1 rings (SSSR count). The zero-order chi connectivity index (χ0) is 16.0. The SMILES string of the molecule is CC(C)CNC(=O)C(C)Oc1ccc(CN)cc1[N+](=O)[O-]. The van der Waals surface area contributed by atoms with Crippen LogP contribution in [0.2, 0.25) is 0 Å². The van der Waals surface area contributed by atoms with Gasteiger partial charge in [-0.1, -0.05) is 19.9 Å². The average molecular weight is 295 g/mol. The van der Waals surface area contributed by atoms with Crippen LogP contribution in [0.3, 0.4) is 0 Å². The fourth-order valence-corrected chi connectivity index (χ4v) is 1.62. The van der Waals surface area contributed by atoms with E-state index in [-0.39, 0.29) is 23.9 Å². The molecule has 0 saturated heterocycles. The Morgan fingerprint density at radius 1 is 1.43 bits per heavy atom. The first-order chi connectivity index (χ1) is 9.85. The van der Waals surface area contributed by atoms with Gasteiger partial charge >= 0.3 is 5.69 Å². The van der Waals surface area contributed by atoms with Crippen LogP contribution in [0, 0.1) is 16.0 Å². The van der Waals surface area contributed by atoms with E-state index in [1.165, 1.54) is 12.1 Å². The van der Waals surface area contributed by atoms with Crippen molar-refractivity contribution in [3.05, 3.63) is 33.9 Å².